The maximum absolute atomic E-state index is 9.55. The number of amidine groups is 1. The van der Waals surface area contributed by atoms with Gasteiger partial charge in [0.2, 0.25) is 0 Å². The molecule has 0 aromatic heterocycles. The highest BCUT2D eigenvalue weighted by atomic mass is 32.2. The zero-order valence-corrected chi connectivity index (χ0v) is 11.9. The average Bonchev–Trinajstić information content (AvgIpc) is 2.35. The molecule has 98 valence electrons. The molecule has 0 saturated heterocycles. The van der Waals surface area contributed by atoms with Gasteiger partial charge < -0.3 is 5.11 Å². The highest BCUT2D eigenvalue weighted by Crippen LogP contribution is 2.15. The number of nitrogens with zero attached hydrogens (tertiary/aromatic N) is 2. The summed E-state index contributed by atoms with van der Waals surface area (Å²) in [6.07, 6.45) is 3.67. The van der Waals surface area contributed by atoms with Gasteiger partial charge in [0.1, 0.15) is 5.60 Å². The standard InChI is InChI=1S/C14H15N3OS/c1-14(2,18)8-7-11-5-4-6-12(9-11)17-13(19-3)16-10-15/h4-6,9,18H,1-3H3,(H,16,17). The van der Waals surface area contributed by atoms with Crippen molar-refractivity contribution in [3.8, 4) is 18.0 Å². The molecule has 4 nitrogen and oxygen atoms in total. The van der Waals surface area contributed by atoms with Crippen LogP contribution in [-0.2, 0) is 0 Å². The normalized spacial score (nSPS) is 11.2. The largest absolute Gasteiger partial charge is 0.378 e. The third-order valence-electron chi connectivity index (χ3n) is 1.95. The number of nitriles is 1. The molecule has 1 rings (SSSR count). The van der Waals surface area contributed by atoms with Crippen molar-refractivity contribution in [2.75, 3.05) is 6.26 Å². The second-order valence-electron chi connectivity index (χ2n) is 4.22. The van der Waals surface area contributed by atoms with E-state index in [1.165, 1.54) is 11.8 Å². The molecule has 1 aromatic rings. The summed E-state index contributed by atoms with van der Waals surface area (Å²) < 4.78 is 0. The highest BCUT2D eigenvalue weighted by Gasteiger charge is 2.05. The molecule has 0 unspecified atom stereocenters. The Morgan fingerprint density at radius 1 is 1.47 bits per heavy atom. The second kappa shape index (κ2) is 6.84. The average molecular weight is 273 g/mol. The molecular weight excluding hydrogens is 258 g/mol. The molecule has 0 bridgehead atoms. The first-order valence-corrected chi connectivity index (χ1v) is 6.80. The second-order valence-corrected chi connectivity index (χ2v) is 5.01. The molecule has 1 aromatic carbocycles. The van der Waals surface area contributed by atoms with E-state index in [9.17, 15) is 5.11 Å². The molecule has 0 heterocycles. The fourth-order valence-corrected chi connectivity index (χ4v) is 1.51. The van der Waals surface area contributed by atoms with Gasteiger partial charge in [-0.3, -0.25) is 5.32 Å². The van der Waals surface area contributed by atoms with Crippen molar-refractivity contribution < 1.29 is 5.11 Å². The number of aliphatic imine (C=N–C) groups is 1. The smallest absolute Gasteiger partial charge is 0.183 e. The lowest BCUT2D eigenvalue weighted by Gasteiger charge is -2.06. The van der Waals surface area contributed by atoms with Gasteiger partial charge in [-0.1, -0.05) is 29.7 Å². The first kappa shape index (κ1) is 15.1. The number of hydrogen-bond acceptors (Lipinski definition) is 4. The number of nitrogens with one attached hydrogen (secondary N) is 1. The number of hydrogen-bond donors (Lipinski definition) is 2. The van der Waals surface area contributed by atoms with Crippen LogP contribution in [-0.4, -0.2) is 22.1 Å². The Bertz CT molecular complexity index is 571. The van der Waals surface area contributed by atoms with Crippen LogP contribution in [0.4, 0.5) is 5.69 Å². The van der Waals surface area contributed by atoms with E-state index >= 15 is 0 Å². The van der Waals surface area contributed by atoms with E-state index in [0.717, 1.165) is 5.56 Å². The van der Waals surface area contributed by atoms with Gasteiger partial charge in [-0.25, -0.2) is 4.99 Å². The van der Waals surface area contributed by atoms with Crippen molar-refractivity contribution in [2.24, 2.45) is 4.99 Å². The van der Waals surface area contributed by atoms with Crippen LogP contribution in [0.2, 0.25) is 0 Å². The van der Waals surface area contributed by atoms with Crippen LogP contribution >= 0.6 is 11.8 Å². The van der Waals surface area contributed by atoms with E-state index in [2.05, 4.69) is 22.2 Å². The molecule has 0 aliphatic rings. The van der Waals surface area contributed by atoms with E-state index in [-0.39, 0.29) is 0 Å². The number of aliphatic hydroxyl groups is 1. The summed E-state index contributed by atoms with van der Waals surface area (Å²) in [4.78, 5) is 4.29. The summed E-state index contributed by atoms with van der Waals surface area (Å²) in [5.74, 6) is 5.63. The van der Waals surface area contributed by atoms with Crippen LogP contribution in [0.5, 0.6) is 0 Å². The topological polar surface area (TPSA) is 68.4 Å². The fraction of sp³-hybridized carbons (Fsp3) is 0.286. The molecule has 0 aliphatic carbocycles. The summed E-state index contributed by atoms with van der Waals surface area (Å²) in [6.45, 7) is 3.26. The molecule has 0 spiro atoms. The van der Waals surface area contributed by atoms with Crippen LogP contribution in [0.3, 0.4) is 0 Å². The molecule has 0 atom stereocenters. The van der Waals surface area contributed by atoms with Crippen LogP contribution in [0.1, 0.15) is 19.4 Å². The third-order valence-corrected chi connectivity index (χ3v) is 2.53. The lowest BCUT2D eigenvalue weighted by atomic mass is 10.1. The maximum Gasteiger partial charge on any atom is 0.183 e. The van der Waals surface area contributed by atoms with Crippen molar-refractivity contribution in [1.82, 2.24) is 5.32 Å². The molecule has 0 saturated carbocycles. The lowest BCUT2D eigenvalue weighted by molar-refractivity contribution is 0.143. The van der Waals surface area contributed by atoms with Gasteiger partial charge >= 0.3 is 0 Å². The summed E-state index contributed by atoms with van der Waals surface area (Å²) in [7, 11) is 0. The van der Waals surface area contributed by atoms with Gasteiger partial charge in [0.15, 0.2) is 11.4 Å². The predicted octanol–water partition coefficient (Wildman–Crippen LogP) is 2.23. The zero-order valence-electron chi connectivity index (χ0n) is 11.1. The van der Waals surface area contributed by atoms with Crippen molar-refractivity contribution in [1.29, 1.82) is 5.26 Å². The number of rotatable bonds is 1. The molecule has 5 heteroatoms. The number of thioether (sulfide) groups is 1. The van der Waals surface area contributed by atoms with Gasteiger partial charge in [0, 0.05) is 5.56 Å². The quantitative estimate of drug-likeness (QED) is 0.271. The van der Waals surface area contributed by atoms with E-state index in [1.807, 2.05) is 30.6 Å². The minimum atomic E-state index is -1.02. The van der Waals surface area contributed by atoms with E-state index in [4.69, 9.17) is 5.26 Å². The Morgan fingerprint density at radius 3 is 2.79 bits per heavy atom. The molecule has 2 N–H and O–H groups in total. The Balaban J connectivity index is 3.00. The Hall–Kier alpha value is -1.95. The van der Waals surface area contributed by atoms with E-state index in [0.29, 0.717) is 10.9 Å². The summed E-state index contributed by atoms with van der Waals surface area (Å²) in [5.41, 5.74) is 0.446. The fourth-order valence-electron chi connectivity index (χ4n) is 1.17. The SMILES string of the molecule is CSC(=Nc1cccc(C#CC(C)(C)O)c1)NC#N. The third kappa shape index (κ3) is 5.96. The summed E-state index contributed by atoms with van der Waals surface area (Å²) in [5, 5.41) is 21.1. The Labute approximate surface area is 117 Å². The molecular formula is C14H15N3OS. The van der Waals surface area contributed by atoms with Gasteiger partial charge in [0.25, 0.3) is 0 Å². The van der Waals surface area contributed by atoms with Gasteiger partial charge in [0.05, 0.1) is 5.69 Å². The van der Waals surface area contributed by atoms with Gasteiger partial charge in [-0.2, -0.15) is 5.26 Å². The zero-order chi connectivity index (χ0) is 14.3. The van der Waals surface area contributed by atoms with E-state index < -0.39 is 5.60 Å². The minimum absolute atomic E-state index is 0.523. The monoisotopic (exact) mass is 273 g/mol. The van der Waals surface area contributed by atoms with Crippen LogP contribution in [0, 0.1) is 23.3 Å². The molecule has 0 radical (unpaired) electrons. The van der Waals surface area contributed by atoms with Crippen LogP contribution in [0.15, 0.2) is 29.3 Å². The van der Waals surface area contributed by atoms with Crippen molar-refractivity contribution in [3.05, 3.63) is 29.8 Å². The minimum Gasteiger partial charge on any atom is -0.378 e. The number of benzene rings is 1. The first-order valence-electron chi connectivity index (χ1n) is 5.58. The van der Waals surface area contributed by atoms with Crippen LogP contribution < -0.4 is 5.32 Å². The summed E-state index contributed by atoms with van der Waals surface area (Å²) >= 11 is 1.35. The first-order chi connectivity index (χ1) is 8.94. The molecule has 0 aliphatic heterocycles. The Kier molecular flexibility index (Phi) is 5.44. The van der Waals surface area contributed by atoms with Crippen molar-refractivity contribution in [3.63, 3.8) is 0 Å². The molecule has 0 fully saturated rings. The van der Waals surface area contributed by atoms with Crippen LogP contribution in [0.25, 0.3) is 0 Å². The highest BCUT2D eigenvalue weighted by molar-refractivity contribution is 8.13. The van der Waals surface area contributed by atoms with Crippen molar-refractivity contribution >= 4 is 22.6 Å². The van der Waals surface area contributed by atoms with Gasteiger partial charge in [-0.05, 0) is 38.3 Å². The maximum atomic E-state index is 9.55. The Morgan fingerprint density at radius 2 is 2.21 bits per heavy atom. The lowest BCUT2D eigenvalue weighted by Crippen LogP contribution is -2.14. The van der Waals surface area contributed by atoms with Gasteiger partial charge in [-0.15, -0.1) is 0 Å². The molecule has 0 amide bonds. The molecule has 19 heavy (non-hydrogen) atoms. The predicted molar refractivity (Wildman–Crippen MR) is 79.0 cm³/mol. The summed E-state index contributed by atoms with van der Waals surface area (Å²) in [6, 6.07) is 7.30. The van der Waals surface area contributed by atoms with Crippen molar-refractivity contribution in [2.45, 2.75) is 19.4 Å². The van der Waals surface area contributed by atoms with E-state index in [1.54, 1.807) is 19.9 Å².